The maximum atomic E-state index is 12.5. The van der Waals surface area contributed by atoms with Gasteiger partial charge in [-0.2, -0.15) is 0 Å². The molecule has 0 aliphatic carbocycles. The van der Waals surface area contributed by atoms with Crippen molar-refractivity contribution in [2.45, 2.75) is 85.0 Å². The molecule has 0 radical (unpaired) electrons. The molecule has 13 heteroatoms. The van der Waals surface area contributed by atoms with Crippen molar-refractivity contribution in [2.75, 3.05) is 19.8 Å². The molecule has 0 aromatic heterocycles. The largest absolute Gasteiger partial charge is 0.513 e. The van der Waals surface area contributed by atoms with Gasteiger partial charge in [0.2, 0.25) is 0 Å². The minimum Gasteiger partial charge on any atom is -0.458 e. The van der Waals surface area contributed by atoms with Crippen molar-refractivity contribution in [3.63, 3.8) is 0 Å². The molecular formula is C26H40ClNO11. The van der Waals surface area contributed by atoms with E-state index < -0.39 is 42.7 Å². The summed E-state index contributed by atoms with van der Waals surface area (Å²) in [6.07, 6.45) is -0.536. The van der Waals surface area contributed by atoms with Crippen LogP contribution in [0.15, 0.2) is 18.2 Å². The molecule has 0 amide bonds. The Kier molecular flexibility index (Phi) is 18.1. The van der Waals surface area contributed by atoms with E-state index in [1.807, 2.05) is 0 Å². The monoisotopic (exact) mass is 577 g/mol. The number of rotatable bonds is 15. The van der Waals surface area contributed by atoms with Crippen molar-refractivity contribution in [1.29, 1.82) is 0 Å². The van der Waals surface area contributed by atoms with E-state index in [1.54, 1.807) is 27.7 Å². The normalized spacial score (nSPS) is 12.6. The van der Waals surface area contributed by atoms with Gasteiger partial charge in [0.15, 0.2) is 11.5 Å². The van der Waals surface area contributed by atoms with Crippen LogP contribution in [0.4, 0.5) is 14.4 Å². The zero-order valence-corrected chi connectivity index (χ0v) is 23.9. The third-order valence-corrected chi connectivity index (χ3v) is 5.14. The lowest BCUT2D eigenvalue weighted by molar-refractivity contribution is -0.155. The van der Waals surface area contributed by atoms with Gasteiger partial charge >= 0.3 is 24.4 Å². The average molecular weight is 578 g/mol. The molecule has 0 heterocycles. The van der Waals surface area contributed by atoms with Crippen molar-refractivity contribution in [1.82, 2.24) is 0 Å². The van der Waals surface area contributed by atoms with E-state index in [0.717, 1.165) is 25.7 Å². The zero-order valence-electron chi connectivity index (χ0n) is 23.1. The van der Waals surface area contributed by atoms with Gasteiger partial charge < -0.3 is 38.9 Å². The Morgan fingerprint density at radius 1 is 0.769 bits per heavy atom. The van der Waals surface area contributed by atoms with E-state index in [2.05, 4.69) is 6.92 Å². The number of hydrogen-bond donors (Lipinski definition) is 1. The van der Waals surface area contributed by atoms with Crippen LogP contribution in [0.3, 0.4) is 0 Å². The fourth-order valence-electron chi connectivity index (χ4n) is 2.99. The summed E-state index contributed by atoms with van der Waals surface area (Å²) in [6, 6.07) is 3.18. The lowest BCUT2D eigenvalue weighted by Crippen LogP contribution is -2.39. The number of nitrogens with two attached hydrogens (primary N) is 1. The fourth-order valence-corrected chi connectivity index (χ4v) is 2.99. The van der Waals surface area contributed by atoms with Crippen LogP contribution in [0.25, 0.3) is 0 Å². The number of esters is 1. The number of ether oxygens (including phenoxy) is 7. The molecule has 222 valence electrons. The fraction of sp³-hybridized carbons (Fsp3) is 0.615. The molecule has 0 saturated heterocycles. The highest BCUT2D eigenvalue weighted by Crippen LogP contribution is 2.30. The molecule has 0 aliphatic rings. The number of halogens is 1. The quantitative estimate of drug-likeness (QED) is 0.127. The SMILES string of the molecule is CCCCCCOC(=O)O[C@H](C)[C@@H](C)OC(=O)[C@@H](N)Cc1ccc(OC(=O)OCC)c(OC(=O)OCC)c1.Cl. The Bertz CT molecular complexity index is 912. The molecule has 3 atom stereocenters. The molecular weight excluding hydrogens is 538 g/mol. The third-order valence-electron chi connectivity index (χ3n) is 5.14. The Balaban J connectivity index is 0.0000144. The van der Waals surface area contributed by atoms with Gasteiger partial charge in [0.05, 0.1) is 19.8 Å². The second-order valence-electron chi connectivity index (χ2n) is 8.29. The minimum atomic E-state index is -1.09. The Morgan fingerprint density at radius 2 is 1.36 bits per heavy atom. The lowest BCUT2D eigenvalue weighted by atomic mass is 10.1. The van der Waals surface area contributed by atoms with E-state index in [4.69, 9.17) is 38.9 Å². The Hall–Kier alpha value is -3.25. The summed E-state index contributed by atoms with van der Waals surface area (Å²) in [4.78, 5) is 47.9. The Morgan fingerprint density at radius 3 is 1.95 bits per heavy atom. The summed E-state index contributed by atoms with van der Waals surface area (Å²) in [7, 11) is 0. The van der Waals surface area contributed by atoms with E-state index >= 15 is 0 Å². The predicted molar refractivity (Wildman–Crippen MR) is 142 cm³/mol. The van der Waals surface area contributed by atoms with Gasteiger partial charge in [-0.05, 0) is 58.2 Å². The minimum absolute atomic E-state index is 0. The van der Waals surface area contributed by atoms with E-state index in [0.29, 0.717) is 5.56 Å². The first-order chi connectivity index (χ1) is 18.1. The molecule has 0 spiro atoms. The van der Waals surface area contributed by atoms with Gasteiger partial charge in [0.25, 0.3) is 0 Å². The zero-order chi connectivity index (χ0) is 28.5. The van der Waals surface area contributed by atoms with Gasteiger partial charge in [-0.3, -0.25) is 4.79 Å². The molecule has 1 aromatic carbocycles. The van der Waals surface area contributed by atoms with Crippen LogP contribution >= 0.6 is 12.4 Å². The first-order valence-corrected chi connectivity index (χ1v) is 12.7. The number of carbonyl (C=O) groups excluding carboxylic acids is 4. The van der Waals surface area contributed by atoms with E-state index in [9.17, 15) is 19.2 Å². The number of carbonyl (C=O) groups is 4. The first kappa shape index (κ1) is 35.8. The van der Waals surface area contributed by atoms with E-state index in [1.165, 1.54) is 18.2 Å². The Labute approximate surface area is 235 Å². The van der Waals surface area contributed by atoms with Gasteiger partial charge in [-0.1, -0.05) is 32.3 Å². The summed E-state index contributed by atoms with van der Waals surface area (Å²) >= 11 is 0. The summed E-state index contributed by atoms with van der Waals surface area (Å²) in [6.45, 7) is 8.85. The van der Waals surface area contributed by atoms with Crippen LogP contribution in [0.2, 0.25) is 0 Å². The third kappa shape index (κ3) is 14.5. The van der Waals surface area contributed by atoms with Crippen molar-refractivity contribution >= 4 is 36.8 Å². The molecule has 0 fully saturated rings. The predicted octanol–water partition coefficient (Wildman–Crippen LogP) is 5.10. The summed E-state index contributed by atoms with van der Waals surface area (Å²) < 4.78 is 35.2. The molecule has 39 heavy (non-hydrogen) atoms. The highest BCUT2D eigenvalue weighted by Gasteiger charge is 2.25. The van der Waals surface area contributed by atoms with Crippen LogP contribution < -0.4 is 15.2 Å². The number of unbranched alkanes of at least 4 members (excludes halogenated alkanes) is 3. The van der Waals surface area contributed by atoms with Gasteiger partial charge in [-0.15, -0.1) is 12.4 Å². The van der Waals surface area contributed by atoms with Gasteiger partial charge in [0.1, 0.15) is 18.2 Å². The van der Waals surface area contributed by atoms with Crippen molar-refractivity contribution in [2.24, 2.45) is 5.73 Å². The van der Waals surface area contributed by atoms with Crippen molar-refractivity contribution < 1.29 is 52.3 Å². The molecule has 0 aliphatic heterocycles. The summed E-state index contributed by atoms with van der Waals surface area (Å²) in [5.74, 6) is -0.952. The van der Waals surface area contributed by atoms with Crippen LogP contribution in [0.1, 0.15) is 65.9 Å². The topological polar surface area (TPSA) is 159 Å². The number of hydrogen-bond acceptors (Lipinski definition) is 12. The van der Waals surface area contributed by atoms with E-state index in [-0.39, 0.29) is 50.1 Å². The second kappa shape index (κ2) is 19.8. The van der Waals surface area contributed by atoms with Crippen LogP contribution in [0, 0.1) is 0 Å². The van der Waals surface area contributed by atoms with Crippen LogP contribution in [-0.4, -0.2) is 62.5 Å². The molecule has 1 aromatic rings. The second-order valence-corrected chi connectivity index (χ2v) is 8.29. The molecule has 1 rings (SSSR count). The standard InChI is InChI=1S/C26H39NO11.ClH/c1-6-9-10-11-14-34-26(31)36-18(5)17(4)35-23(28)20(27)15-19-12-13-21(37-24(29)32-7-2)22(16-19)38-25(30)33-8-3;/h12-13,16-18,20H,6-11,14-15,27H2,1-5H3;1H/t17-,18-,20+;/m1./s1. The smallest absolute Gasteiger partial charge is 0.458 e. The van der Waals surface area contributed by atoms with Gasteiger partial charge in [0, 0.05) is 0 Å². The molecule has 12 nitrogen and oxygen atoms in total. The van der Waals surface area contributed by atoms with Gasteiger partial charge in [-0.25, -0.2) is 14.4 Å². The molecule has 0 saturated carbocycles. The average Bonchev–Trinajstić information content (AvgIpc) is 2.85. The first-order valence-electron chi connectivity index (χ1n) is 12.7. The number of benzene rings is 1. The maximum absolute atomic E-state index is 12.5. The molecule has 0 bridgehead atoms. The highest BCUT2D eigenvalue weighted by molar-refractivity contribution is 5.85. The lowest BCUT2D eigenvalue weighted by Gasteiger charge is -2.22. The molecule has 2 N–H and O–H groups in total. The molecule has 0 unspecified atom stereocenters. The van der Waals surface area contributed by atoms with Crippen molar-refractivity contribution in [3.8, 4) is 11.5 Å². The maximum Gasteiger partial charge on any atom is 0.513 e. The highest BCUT2D eigenvalue weighted by atomic mass is 35.5. The van der Waals surface area contributed by atoms with Crippen molar-refractivity contribution in [3.05, 3.63) is 23.8 Å². The van der Waals surface area contributed by atoms with Crippen LogP contribution in [-0.2, 0) is 34.9 Å². The van der Waals surface area contributed by atoms with Crippen LogP contribution in [0.5, 0.6) is 11.5 Å². The summed E-state index contributed by atoms with van der Waals surface area (Å²) in [5.41, 5.74) is 6.50. The summed E-state index contributed by atoms with van der Waals surface area (Å²) in [5, 5.41) is 0.